The van der Waals surface area contributed by atoms with Crippen LogP contribution in [0, 0.1) is 0 Å². The molecule has 0 spiro atoms. The van der Waals surface area contributed by atoms with E-state index < -0.39 is 0 Å². The zero-order valence-electron chi connectivity index (χ0n) is 10.5. The van der Waals surface area contributed by atoms with Gasteiger partial charge in [-0.05, 0) is 37.7 Å². The SMILES string of the molecule is CCN(CC)C1Cc2ccccc2C1NC. The summed E-state index contributed by atoms with van der Waals surface area (Å²) in [5.74, 6) is 0. The molecule has 0 heterocycles. The van der Waals surface area contributed by atoms with Crippen molar-refractivity contribution in [3.8, 4) is 0 Å². The van der Waals surface area contributed by atoms with Gasteiger partial charge in [0.1, 0.15) is 0 Å². The summed E-state index contributed by atoms with van der Waals surface area (Å²) in [6.45, 7) is 6.76. The lowest BCUT2D eigenvalue weighted by Crippen LogP contribution is -2.41. The molecule has 1 aromatic rings. The Bertz CT molecular complexity index is 344. The standard InChI is InChI=1S/C14H22N2/c1-4-16(5-2)13-10-11-8-6-7-9-12(11)14(13)15-3/h6-9,13-15H,4-5,10H2,1-3H3. The van der Waals surface area contributed by atoms with Crippen molar-refractivity contribution in [1.29, 1.82) is 0 Å². The first-order valence-electron chi connectivity index (χ1n) is 6.30. The highest BCUT2D eigenvalue weighted by atomic mass is 15.2. The normalized spacial score (nSPS) is 23.8. The highest BCUT2D eigenvalue weighted by Crippen LogP contribution is 2.33. The third-order valence-corrected chi connectivity index (χ3v) is 3.80. The predicted molar refractivity (Wildman–Crippen MR) is 68.7 cm³/mol. The number of rotatable bonds is 4. The lowest BCUT2D eigenvalue weighted by Gasteiger charge is -2.31. The molecule has 1 aromatic carbocycles. The highest BCUT2D eigenvalue weighted by Gasteiger charge is 2.33. The van der Waals surface area contributed by atoms with Gasteiger partial charge in [0.05, 0.1) is 0 Å². The van der Waals surface area contributed by atoms with Gasteiger partial charge in [-0.1, -0.05) is 38.1 Å². The van der Waals surface area contributed by atoms with E-state index in [-0.39, 0.29) is 0 Å². The van der Waals surface area contributed by atoms with Gasteiger partial charge in [0.2, 0.25) is 0 Å². The Balaban J connectivity index is 2.26. The van der Waals surface area contributed by atoms with E-state index in [1.165, 1.54) is 17.5 Å². The maximum Gasteiger partial charge on any atom is 0.0481 e. The molecule has 2 unspecified atom stereocenters. The summed E-state index contributed by atoms with van der Waals surface area (Å²) in [7, 11) is 2.07. The van der Waals surface area contributed by atoms with E-state index in [1.807, 2.05) is 0 Å². The van der Waals surface area contributed by atoms with Crippen molar-refractivity contribution >= 4 is 0 Å². The van der Waals surface area contributed by atoms with Crippen molar-refractivity contribution in [3.63, 3.8) is 0 Å². The molecular weight excluding hydrogens is 196 g/mol. The highest BCUT2D eigenvalue weighted by molar-refractivity contribution is 5.37. The van der Waals surface area contributed by atoms with E-state index in [1.54, 1.807) is 0 Å². The molecule has 0 aromatic heterocycles. The second kappa shape index (κ2) is 4.98. The molecular formula is C14H22N2. The molecule has 1 N–H and O–H groups in total. The average Bonchev–Trinajstić information content (AvgIpc) is 2.69. The van der Waals surface area contributed by atoms with Crippen LogP contribution in [-0.2, 0) is 6.42 Å². The quantitative estimate of drug-likeness (QED) is 0.833. The van der Waals surface area contributed by atoms with Crippen LogP contribution in [0.2, 0.25) is 0 Å². The molecule has 0 saturated heterocycles. The minimum Gasteiger partial charge on any atom is -0.312 e. The molecule has 0 radical (unpaired) electrons. The maximum absolute atomic E-state index is 3.48. The van der Waals surface area contributed by atoms with Crippen LogP contribution in [0.5, 0.6) is 0 Å². The van der Waals surface area contributed by atoms with Crippen LogP contribution < -0.4 is 5.32 Å². The molecule has 2 nitrogen and oxygen atoms in total. The van der Waals surface area contributed by atoms with Crippen molar-refractivity contribution in [1.82, 2.24) is 10.2 Å². The number of nitrogens with one attached hydrogen (secondary N) is 1. The molecule has 1 aliphatic rings. The van der Waals surface area contributed by atoms with E-state index in [0.29, 0.717) is 12.1 Å². The van der Waals surface area contributed by atoms with Crippen molar-refractivity contribution < 1.29 is 0 Å². The fourth-order valence-corrected chi connectivity index (χ4v) is 2.95. The van der Waals surface area contributed by atoms with Gasteiger partial charge >= 0.3 is 0 Å². The van der Waals surface area contributed by atoms with Crippen molar-refractivity contribution in [2.24, 2.45) is 0 Å². The largest absolute Gasteiger partial charge is 0.312 e. The zero-order chi connectivity index (χ0) is 11.5. The smallest absolute Gasteiger partial charge is 0.0481 e. The van der Waals surface area contributed by atoms with Crippen LogP contribution in [-0.4, -0.2) is 31.1 Å². The number of likely N-dealkylation sites (N-methyl/N-ethyl adjacent to an activating group) is 2. The van der Waals surface area contributed by atoms with Gasteiger partial charge in [0.15, 0.2) is 0 Å². The number of fused-ring (bicyclic) bond motifs is 1. The fourth-order valence-electron chi connectivity index (χ4n) is 2.95. The monoisotopic (exact) mass is 218 g/mol. The maximum atomic E-state index is 3.48. The van der Waals surface area contributed by atoms with Crippen molar-refractivity contribution in [2.45, 2.75) is 32.4 Å². The summed E-state index contributed by atoms with van der Waals surface area (Å²) in [6, 6.07) is 9.95. The average molecular weight is 218 g/mol. The fraction of sp³-hybridized carbons (Fsp3) is 0.571. The van der Waals surface area contributed by atoms with Gasteiger partial charge in [0, 0.05) is 12.1 Å². The molecule has 0 aliphatic heterocycles. The minimum absolute atomic E-state index is 0.496. The molecule has 2 rings (SSSR count). The van der Waals surface area contributed by atoms with Crippen LogP contribution in [0.4, 0.5) is 0 Å². The Morgan fingerprint density at radius 3 is 2.56 bits per heavy atom. The predicted octanol–water partition coefficient (Wildman–Crippen LogP) is 2.21. The molecule has 88 valence electrons. The Morgan fingerprint density at radius 1 is 1.25 bits per heavy atom. The minimum atomic E-state index is 0.496. The Morgan fingerprint density at radius 2 is 1.94 bits per heavy atom. The van der Waals surface area contributed by atoms with Gasteiger partial charge in [-0.2, -0.15) is 0 Å². The molecule has 2 atom stereocenters. The molecule has 0 amide bonds. The number of nitrogens with zero attached hydrogens (tertiary/aromatic N) is 1. The molecule has 0 saturated carbocycles. The molecule has 16 heavy (non-hydrogen) atoms. The molecule has 1 aliphatic carbocycles. The summed E-state index contributed by atoms with van der Waals surface area (Å²) in [5, 5.41) is 3.48. The van der Waals surface area contributed by atoms with Crippen LogP contribution in [0.15, 0.2) is 24.3 Å². The molecule has 0 fully saturated rings. The third-order valence-electron chi connectivity index (χ3n) is 3.80. The first-order valence-corrected chi connectivity index (χ1v) is 6.30. The van der Waals surface area contributed by atoms with Crippen molar-refractivity contribution in [3.05, 3.63) is 35.4 Å². The van der Waals surface area contributed by atoms with Crippen LogP contribution in [0.25, 0.3) is 0 Å². The summed E-state index contributed by atoms with van der Waals surface area (Å²) in [4.78, 5) is 2.56. The first-order chi connectivity index (χ1) is 7.81. The Labute approximate surface area is 98.7 Å². The zero-order valence-corrected chi connectivity index (χ0v) is 10.5. The van der Waals surface area contributed by atoms with E-state index in [0.717, 1.165) is 13.1 Å². The number of hydrogen-bond donors (Lipinski definition) is 1. The number of hydrogen-bond acceptors (Lipinski definition) is 2. The van der Waals surface area contributed by atoms with Gasteiger partial charge in [-0.15, -0.1) is 0 Å². The molecule has 0 bridgehead atoms. The lowest BCUT2D eigenvalue weighted by molar-refractivity contribution is 0.187. The van der Waals surface area contributed by atoms with Gasteiger partial charge in [-0.25, -0.2) is 0 Å². The third kappa shape index (κ3) is 1.87. The second-order valence-corrected chi connectivity index (χ2v) is 4.46. The van der Waals surface area contributed by atoms with E-state index in [9.17, 15) is 0 Å². The van der Waals surface area contributed by atoms with Crippen LogP contribution in [0.1, 0.15) is 31.0 Å². The van der Waals surface area contributed by atoms with Gasteiger partial charge in [-0.3, -0.25) is 4.90 Å². The van der Waals surface area contributed by atoms with E-state index in [4.69, 9.17) is 0 Å². The van der Waals surface area contributed by atoms with E-state index >= 15 is 0 Å². The van der Waals surface area contributed by atoms with Gasteiger partial charge < -0.3 is 5.32 Å². The Hall–Kier alpha value is -0.860. The summed E-state index contributed by atoms with van der Waals surface area (Å²) in [5.41, 5.74) is 3.00. The first kappa shape index (κ1) is 11.6. The second-order valence-electron chi connectivity index (χ2n) is 4.46. The molecule has 2 heteroatoms. The van der Waals surface area contributed by atoms with Crippen LogP contribution in [0.3, 0.4) is 0 Å². The lowest BCUT2D eigenvalue weighted by atomic mass is 10.1. The summed E-state index contributed by atoms with van der Waals surface area (Å²) >= 11 is 0. The summed E-state index contributed by atoms with van der Waals surface area (Å²) < 4.78 is 0. The van der Waals surface area contributed by atoms with Crippen molar-refractivity contribution in [2.75, 3.05) is 20.1 Å². The topological polar surface area (TPSA) is 15.3 Å². The van der Waals surface area contributed by atoms with Gasteiger partial charge in [0.25, 0.3) is 0 Å². The number of benzene rings is 1. The summed E-state index contributed by atoms with van der Waals surface area (Å²) in [6.07, 6.45) is 1.18. The van der Waals surface area contributed by atoms with E-state index in [2.05, 4.69) is 55.4 Å². The Kier molecular flexibility index (Phi) is 3.62. The van der Waals surface area contributed by atoms with Crippen LogP contribution >= 0.6 is 0 Å².